The van der Waals surface area contributed by atoms with E-state index in [2.05, 4.69) is 15.5 Å². The lowest BCUT2D eigenvalue weighted by Crippen LogP contribution is -2.49. The molecule has 0 unspecified atom stereocenters. The van der Waals surface area contributed by atoms with Crippen LogP contribution in [0.5, 0.6) is 0 Å². The van der Waals surface area contributed by atoms with Crippen molar-refractivity contribution in [3.63, 3.8) is 0 Å². The Bertz CT molecular complexity index is 797. The Morgan fingerprint density at radius 1 is 1.00 bits per heavy atom. The first-order valence-corrected chi connectivity index (χ1v) is 9.35. The van der Waals surface area contributed by atoms with Crippen LogP contribution >= 0.6 is 0 Å². The van der Waals surface area contributed by atoms with E-state index in [-0.39, 0.29) is 16.5 Å². The van der Waals surface area contributed by atoms with Crippen LogP contribution in [0, 0.1) is 0 Å². The van der Waals surface area contributed by atoms with E-state index in [9.17, 15) is 22.8 Å². The number of hydrogen-bond acceptors (Lipinski definition) is 5. The molecule has 0 heterocycles. The Balaban J connectivity index is 2.83. The number of benzene rings is 1. The summed E-state index contributed by atoms with van der Waals surface area (Å²) in [7, 11) is -3.81. The van der Waals surface area contributed by atoms with Crippen LogP contribution in [0.3, 0.4) is 0 Å². The minimum Gasteiger partial charge on any atom is -0.346 e. The van der Waals surface area contributed by atoms with Crippen molar-refractivity contribution in [1.82, 2.24) is 20.9 Å². The van der Waals surface area contributed by atoms with Crippen LogP contribution < -0.4 is 20.9 Å². The lowest BCUT2D eigenvalue weighted by Gasteiger charge is -2.20. The second-order valence-electron chi connectivity index (χ2n) is 6.92. The molecule has 4 N–H and O–H groups in total. The van der Waals surface area contributed by atoms with Crippen molar-refractivity contribution in [2.45, 2.75) is 51.1 Å². The second-order valence-corrected chi connectivity index (χ2v) is 8.60. The van der Waals surface area contributed by atoms with Gasteiger partial charge in [0.05, 0.1) is 4.90 Å². The van der Waals surface area contributed by atoms with Gasteiger partial charge in [0.1, 0.15) is 0 Å². The zero-order valence-corrected chi connectivity index (χ0v) is 16.2. The van der Waals surface area contributed by atoms with Crippen LogP contribution in [-0.2, 0) is 19.6 Å². The molecule has 26 heavy (non-hydrogen) atoms. The Morgan fingerprint density at radius 2 is 1.62 bits per heavy atom. The first-order chi connectivity index (χ1) is 11.8. The van der Waals surface area contributed by atoms with E-state index in [1.807, 2.05) is 5.43 Å². The topological polar surface area (TPSA) is 133 Å². The van der Waals surface area contributed by atoms with Crippen molar-refractivity contribution in [3.05, 3.63) is 29.8 Å². The van der Waals surface area contributed by atoms with Crippen molar-refractivity contribution in [2.75, 3.05) is 0 Å². The largest absolute Gasteiger partial charge is 0.346 e. The van der Waals surface area contributed by atoms with Gasteiger partial charge in [0.2, 0.25) is 10.0 Å². The highest BCUT2D eigenvalue weighted by atomic mass is 32.2. The molecular weight excluding hydrogens is 360 g/mol. The van der Waals surface area contributed by atoms with Gasteiger partial charge in [-0.05, 0) is 52.8 Å². The van der Waals surface area contributed by atoms with E-state index in [1.54, 1.807) is 34.6 Å². The maximum atomic E-state index is 12.3. The third kappa shape index (κ3) is 6.81. The normalized spacial score (nSPS) is 11.8. The summed E-state index contributed by atoms with van der Waals surface area (Å²) in [6.45, 7) is 8.44. The quantitative estimate of drug-likeness (QED) is 0.430. The minimum atomic E-state index is -3.81. The fourth-order valence-electron chi connectivity index (χ4n) is 1.84. The zero-order chi connectivity index (χ0) is 20.1. The maximum Gasteiger partial charge on any atom is 0.327 e. The molecule has 0 saturated heterocycles. The lowest BCUT2D eigenvalue weighted by molar-refractivity contribution is -0.139. The molecule has 3 amide bonds. The summed E-state index contributed by atoms with van der Waals surface area (Å²) in [4.78, 5) is 35.0. The van der Waals surface area contributed by atoms with E-state index in [0.717, 1.165) is 0 Å². The highest BCUT2D eigenvalue weighted by Gasteiger charge is 2.23. The lowest BCUT2D eigenvalue weighted by atomic mass is 10.1. The summed E-state index contributed by atoms with van der Waals surface area (Å²) >= 11 is 0. The fourth-order valence-corrected chi connectivity index (χ4v) is 3.30. The van der Waals surface area contributed by atoms with Crippen LogP contribution in [0.15, 0.2) is 29.2 Å². The molecule has 9 nitrogen and oxygen atoms in total. The molecule has 10 heteroatoms. The fraction of sp³-hybridized carbons (Fsp3) is 0.438. The molecule has 0 radical (unpaired) electrons. The predicted molar refractivity (Wildman–Crippen MR) is 95.4 cm³/mol. The third-order valence-electron chi connectivity index (χ3n) is 2.76. The Kier molecular flexibility index (Phi) is 6.87. The Morgan fingerprint density at radius 3 is 2.15 bits per heavy atom. The molecular formula is C16H24N4O5S. The van der Waals surface area contributed by atoms with Crippen LogP contribution in [0.25, 0.3) is 0 Å². The van der Waals surface area contributed by atoms with E-state index in [1.165, 1.54) is 24.3 Å². The van der Waals surface area contributed by atoms with Crippen LogP contribution in [0.1, 0.15) is 45.0 Å². The molecule has 0 aromatic heterocycles. The summed E-state index contributed by atoms with van der Waals surface area (Å²) < 4.78 is 27.1. The number of hydrazine groups is 1. The zero-order valence-electron chi connectivity index (χ0n) is 15.3. The highest BCUT2D eigenvalue weighted by Crippen LogP contribution is 2.14. The SMILES string of the molecule is CC(C)NC(=O)C(=O)NNC(=O)c1cccc(S(=O)(=O)NC(C)(C)C)c1. The van der Waals surface area contributed by atoms with Gasteiger partial charge in [-0.1, -0.05) is 6.07 Å². The molecule has 0 aliphatic carbocycles. The maximum absolute atomic E-state index is 12.3. The standard InChI is InChI=1S/C16H24N4O5S/c1-10(2)17-14(22)15(23)19-18-13(21)11-7-6-8-12(9-11)26(24,25)20-16(3,4)5/h6-10,20H,1-5H3,(H,17,22)(H,18,21)(H,19,23). The number of carbonyl (C=O) groups is 3. The number of amides is 3. The second kappa shape index (κ2) is 8.28. The smallest absolute Gasteiger partial charge is 0.327 e. The number of rotatable bonds is 4. The Labute approximate surface area is 152 Å². The average Bonchev–Trinajstić information content (AvgIpc) is 2.49. The van der Waals surface area contributed by atoms with Crippen molar-refractivity contribution in [3.8, 4) is 0 Å². The molecule has 0 saturated carbocycles. The monoisotopic (exact) mass is 384 g/mol. The van der Waals surface area contributed by atoms with Crippen molar-refractivity contribution >= 4 is 27.7 Å². The van der Waals surface area contributed by atoms with Gasteiger partial charge in [-0.15, -0.1) is 0 Å². The van der Waals surface area contributed by atoms with Crippen LogP contribution in [0.4, 0.5) is 0 Å². The minimum absolute atomic E-state index is 0.00588. The average molecular weight is 384 g/mol. The highest BCUT2D eigenvalue weighted by molar-refractivity contribution is 7.89. The summed E-state index contributed by atoms with van der Waals surface area (Å²) in [6.07, 6.45) is 0. The van der Waals surface area contributed by atoms with Gasteiger partial charge in [-0.2, -0.15) is 0 Å². The molecule has 144 valence electrons. The number of hydrogen-bond donors (Lipinski definition) is 4. The van der Waals surface area contributed by atoms with Crippen LogP contribution in [0.2, 0.25) is 0 Å². The third-order valence-corrected chi connectivity index (χ3v) is 4.52. The van der Waals surface area contributed by atoms with E-state index in [0.29, 0.717) is 0 Å². The molecule has 1 rings (SSSR count). The number of carbonyl (C=O) groups excluding carboxylic acids is 3. The summed E-state index contributed by atoms with van der Waals surface area (Å²) in [5.41, 5.74) is 3.35. The summed E-state index contributed by atoms with van der Waals surface area (Å²) in [5.74, 6) is -2.69. The summed E-state index contributed by atoms with van der Waals surface area (Å²) in [5, 5.41) is 2.37. The van der Waals surface area contributed by atoms with Crippen molar-refractivity contribution in [2.24, 2.45) is 0 Å². The molecule has 0 fully saturated rings. The van der Waals surface area contributed by atoms with Crippen molar-refractivity contribution in [1.29, 1.82) is 0 Å². The van der Waals surface area contributed by atoms with E-state index < -0.39 is 33.3 Å². The number of sulfonamides is 1. The molecule has 0 aliphatic rings. The first kappa shape index (κ1) is 21.6. The molecule has 0 aliphatic heterocycles. The molecule has 0 spiro atoms. The van der Waals surface area contributed by atoms with E-state index >= 15 is 0 Å². The molecule has 1 aromatic carbocycles. The van der Waals surface area contributed by atoms with Gasteiger partial charge in [0, 0.05) is 17.1 Å². The van der Waals surface area contributed by atoms with Gasteiger partial charge >= 0.3 is 11.8 Å². The molecule has 0 bridgehead atoms. The van der Waals surface area contributed by atoms with E-state index in [4.69, 9.17) is 0 Å². The van der Waals surface area contributed by atoms with Crippen molar-refractivity contribution < 1.29 is 22.8 Å². The predicted octanol–water partition coefficient (Wildman–Crippen LogP) is 0.0490. The van der Waals surface area contributed by atoms with Gasteiger partial charge in [0.25, 0.3) is 5.91 Å². The van der Waals surface area contributed by atoms with Gasteiger partial charge in [0.15, 0.2) is 0 Å². The van der Waals surface area contributed by atoms with Crippen LogP contribution in [-0.4, -0.2) is 37.7 Å². The molecule has 1 aromatic rings. The van der Waals surface area contributed by atoms with Gasteiger partial charge in [-0.3, -0.25) is 25.2 Å². The summed E-state index contributed by atoms with van der Waals surface area (Å²) in [6, 6.07) is 5.07. The molecule has 0 atom stereocenters. The van der Waals surface area contributed by atoms with Gasteiger partial charge < -0.3 is 5.32 Å². The first-order valence-electron chi connectivity index (χ1n) is 7.87. The number of nitrogens with one attached hydrogen (secondary N) is 4. The Hall–Kier alpha value is -2.46. The van der Waals surface area contributed by atoms with Gasteiger partial charge in [-0.25, -0.2) is 13.1 Å².